The van der Waals surface area contributed by atoms with Crippen LogP contribution in [0.3, 0.4) is 0 Å². The van der Waals surface area contributed by atoms with E-state index in [0.717, 1.165) is 5.13 Å². The molecule has 0 spiro atoms. The summed E-state index contributed by atoms with van der Waals surface area (Å²) in [7, 11) is 0. The Labute approximate surface area is 87.2 Å². The number of carboxylic acid groups (broad SMARTS) is 1. The van der Waals surface area contributed by atoms with Gasteiger partial charge in [0.05, 0.1) is 0 Å². The standard InChI is InChI=1S/C9H14N2O2S/c1-4-11(8-10-5-6-14-8)9(2,3)7(12)13/h5-6H,4H2,1-3H3,(H,12,13). The van der Waals surface area contributed by atoms with Crippen LogP contribution >= 0.6 is 11.3 Å². The lowest BCUT2D eigenvalue weighted by Gasteiger charge is -2.33. The Kier molecular flexibility index (Phi) is 3.10. The molecule has 0 radical (unpaired) electrons. The van der Waals surface area contributed by atoms with Gasteiger partial charge in [-0.1, -0.05) is 0 Å². The summed E-state index contributed by atoms with van der Waals surface area (Å²) < 4.78 is 0. The summed E-state index contributed by atoms with van der Waals surface area (Å²) in [6.45, 7) is 5.92. The number of aromatic nitrogens is 1. The molecule has 0 unspecified atom stereocenters. The normalized spacial score (nSPS) is 11.4. The van der Waals surface area contributed by atoms with Gasteiger partial charge in [0, 0.05) is 18.1 Å². The molecule has 4 nitrogen and oxygen atoms in total. The van der Waals surface area contributed by atoms with E-state index in [4.69, 9.17) is 5.11 Å². The van der Waals surface area contributed by atoms with Crippen LogP contribution in [0.2, 0.25) is 0 Å². The third kappa shape index (κ3) is 1.87. The van der Waals surface area contributed by atoms with Crippen LogP contribution in [0.25, 0.3) is 0 Å². The van der Waals surface area contributed by atoms with Gasteiger partial charge in [-0.25, -0.2) is 9.78 Å². The second kappa shape index (κ2) is 3.96. The van der Waals surface area contributed by atoms with E-state index in [1.165, 1.54) is 11.3 Å². The van der Waals surface area contributed by atoms with Gasteiger partial charge >= 0.3 is 5.97 Å². The Morgan fingerprint density at radius 1 is 1.71 bits per heavy atom. The van der Waals surface area contributed by atoms with Gasteiger partial charge in [-0.05, 0) is 20.8 Å². The number of rotatable bonds is 4. The SMILES string of the molecule is CCN(c1nccs1)C(C)(C)C(=O)O. The van der Waals surface area contributed by atoms with E-state index in [-0.39, 0.29) is 0 Å². The minimum atomic E-state index is -0.910. The third-order valence-corrected chi connectivity index (χ3v) is 2.96. The van der Waals surface area contributed by atoms with E-state index in [1.54, 1.807) is 24.9 Å². The second-order valence-electron chi connectivity index (χ2n) is 3.42. The molecule has 1 rings (SSSR count). The van der Waals surface area contributed by atoms with E-state index < -0.39 is 11.5 Å². The predicted molar refractivity (Wildman–Crippen MR) is 56.8 cm³/mol. The van der Waals surface area contributed by atoms with Crippen molar-refractivity contribution in [2.24, 2.45) is 0 Å². The topological polar surface area (TPSA) is 53.4 Å². The number of aliphatic carboxylic acids is 1. The highest BCUT2D eigenvalue weighted by Crippen LogP contribution is 2.25. The maximum Gasteiger partial charge on any atom is 0.329 e. The first kappa shape index (κ1) is 11.0. The van der Waals surface area contributed by atoms with E-state index in [1.807, 2.05) is 12.3 Å². The quantitative estimate of drug-likeness (QED) is 0.830. The van der Waals surface area contributed by atoms with Crippen molar-refractivity contribution in [2.75, 3.05) is 11.4 Å². The van der Waals surface area contributed by atoms with E-state index in [9.17, 15) is 4.79 Å². The molecule has 0 aliphatic rings. The fraction of sp³-hybridized carbons (Fsp3) is 0.556. The predicted octanol–water partition coefficient (Wildman–Crippen LogP) is 1.83. The number of hydrogen-bond donors (Lipinski definition) is 1. The maximum absolute atomic E-state index is 11.1. The van der Waals surface area contributed by atoms with Crippen LogP contribution in [-0.4, -0.2) is 28.1 Å². The first-order valence-corrected chi connectivity index (χ1v) is 5.28. The molecule has 78 valence electrons. The summed E-state index contributed by atoms with van der Waals surface area (Å²) in [6, 6.07) is 0. The molecule has 0 aliphatic carbocycles. The molecule has 0 saturated heterocycles. The highest BCUT2D eigenvalue weighted by molar-refractivity contribution is 7.13. The number of nitrogens with zero attached hydrogens (tertiary/aromatic N) is 2. The van der Waals surface area contributed by atoms with Crippen LogP contribution in [0.1, 0.15) is 20.8 Å². The average molecular weight is 214 g/mol. The zero-order valence-electron chi connectivity index (χ0n) is 8.52. The van der Waals surface area contributed by atoms with Gasteiger partial charge in [0.1, 0.15) is 5.54 Å². The molecule has 0 amide bonds. The highest BCUT2D eigenvalue weighted by atomic mass is 32.1. The zero-order chi connectivity index (χ0) is 10.8. The number of anilines is 1. The molecular weight excluding hydrogens is 200 g/mol. The Hall–Kier alpha value is -1.10. The molecule has 0 atom stereocenters. The first-order chi connectivity index (χ1) is 6.50. The van der Waals surface area contributed by atoms with Crippen molar-refractivity contribution >= 4 is 22.4 Å². The van der Waals surface area contributed by atoms with Gasteiger partial charge < -0.3 is 10.0 Å². The van der Waals surface area contributed by atoms with Crippen LogP contribution in [-0.2, 0) is 4.79 Å². The van der Waals surface area contributed by atoms with Gasteiger partial charge in [-0.15, -0.1) is 11.3 Å². The fourth-order valence-electron chi connectivity index (χ4n) is 1.23. The van der Waals surface area contributed by atoms with E-state index >= 15 is 0 Å². The number of hydrogen-bond acceptors (Lipinski definition) is 4. The summed E-state index contributed by atoms with van der Waals surface area (Å²) >= 11 is 1.45. The minimum Gasteiger partial charge on any atom is -0.480 e. The number of carboxylic acids is 1. The molecule has 0 saturated carbocycles. The Balaban J connectivity index is 2.98. The van der Waals surface area contributed by atoms with E-state index in [2.05, 4.69) is 4.98 Å². The Bertz CT molecular complexity index is 309. The summed E-state index contributed by atoms with van der Waals surface area (Å²) in [6.07, 6.45) is 1.68. The zero-order valence-corrected chi connectivity index (χ0v) is 9.34. The van der Waals surface area contributed by atoms with Gasteiger partial charge in [0.2, 0.25) is 0 Å². The maximum atomic E-state index is 11.1. The Morgan fingerprint density at radius 2 is 2.36 bits per heavy atom. The van der Waals surface area contributed by atoms with E-state index in [0.29, 0.717) is 6.54 Å². The van der Waals surface area contributed by atoms with Crippen LogP contribution in [0, 0.1) is 0 Å². The molecule has 1 aromatic rings. The van der Waals surface area contributed by atoms with Crippen molar-refractivity contribution in [3.8, 4) is 0 Å². The molecule has 0 bridgehead atoms. The van der Waals surface area contributed by atoms with Crippen molar-refractivity contribution in [2.45, 2.75) is 26.3 Å². The highest BCUT2D eigenvalue weighted by Gasteiger charge is 2.34. The molecule has 1 N–H and O–H groups in total. The summed E-state index contributed by atoms with van der Waals surface area (Å²) in [5.74, 6) is -0.838. The molecule has 1 heterocycles. The van der Waals surface area contributed by atoms with Gasteiger partial charge in [0.15, 0.2) is 5.13 Å². The van der Waals surface area contributed by atoms with Crippen LogP contribution in [0.15, 0.2) is 11.6 Å². The molecule has 0 fully saturated rings. The summed E-state index contributed by atoms with van der Waals surface area (Å²) in [5.41, 5.74) is -0.910. The van der Waals surface area contributed by atoms with Gasteiger partial charge in [-0.2, -0.15) is 0 Å². The van der Waals surface area contributed by atoms with Crippen LogP contribution in [0.5, 0.6) is 0 Å². The number of carbonyl (C=O) groups is 1. The summed E-state index contributed by atoms with van der Waals surface area (Å²) in [4.78, 5) is 16.9. The monoisotopic (exact) mass is 214 g/mol. The molecule has 0 aliphatic heterocycles. The molecule has 0 aromatic carbocycles. The van der Waals surface area contributed by atoms with Crippen LogP contribution < -0.4 is 4.90 Å². The fourth-order valence-corrected chi connectivity index (χ4v) is 2.08. The van der Waals surface area contributed by atoms with Gasteiger partial charge in [-0.3, -0.25) is 0 Å². The molecule has 5 heteroatoms. The van der Waals surface area contributed by atoms with Gasteiger partial charge in [0.25, 0.3) is 0 Å². The van der Waals surface area contributed by atoms with Crippen LogP contribution in [0.4, 0.5) is 5.13 Å². The molecule has 1 aromatic heterocycles. The second-order valence-corrected chi connectivity index (χ2v) is 4.30. The first-order valence-electron chi connectivity index (χ1n) is 4.40. The number of thiazole rings is 1. The van der Waals surface area contributed by atoms with Crippen molar-refractivity contribution in [1.82, 2.24) is 4.98 Å². The summed E-state index contributed by atoms with van der Waals surface area (Å²) in [5, 5.41) is 11.7. The van der Waals surface area contributed by atoms with Crippen molar-refractivity contribution in [3.63, 3.8) is 0 Å². The smallest absolute Gasteiger partial charge is 0.329 e. The lowest BCUT2D eigenvalue weighted by atomic mass is 10.0. The minimum absolute atomic E-state index is 0.632. The average Bonchev–Trinajstić information content (AvgIpc) is 2.57. The number of likely N-dealkylation sites (N-methyl/N-ethyl adjacent to an activating group) is 1. The third-order valence-electron chi connectivity index (χ3n) is 2.16. The van der Waals surface area contributed by atoms with Crippen molar-refractivity contribution in [1.29, 1.82) is 0 Å². The molecular formula is C9H14N2O2S. The van der Waals surface area contributed by atoms with Crippen molar-refractivity contribution < 1.29 is 9.90 Å². The Morgan fingerprint density at radius 3 is 2.71 bits per heavy atom. The van der Waals surface area contributed by atoms with Crippen molar-refractivity contribution in [3.05, 3.63) is 11.6 Å². The largest absolute Gasteiger partial charge is 0.480 e. The lowest BCUT2D eigenvalue weighted by molar-refractivity contribution is -0.142. The molecule has 14 heavy (non-hydrogen) atoms. The lowest BCUT2D eigenvalue weighted by Crippen LogP contribution is -2.50.